The van der Waals surface area contributed by atoms with Gasteiger partial charge in [-0.15, -0.1) is 0 Å². The summed E-state index contributed by atoms with van der Waals surface area (Å²) >= 11 is 0. The van der Waals surface area contributed by atoms with Crippen molar-refractivity contribution < 1.29 is 19.4 Å². The van der Waals surface area contributed by atoms with E-state index >= 15 is 0 Å². The summed E-state index contributed by atoms with van der Waals surface area (Å²) in [7, 11) is 0. The van der Waals surface area contributed by atoms with Gasteiger partial charge in [0.2, 0.25) is 0 Å². The summed E-state index contributed by atoms with van der Waals surface area (Å²) in [5.41, 5.74) is 1.81. The lowest BCUT2D eigenvalue weighted by atomic mass is 10.0. The number of hydrogen-bond acceptors (Lipinski definition) is 4. The van der Waals surface area contributed by atoms with Gasteiger partial charge in [0.05, 0.1) is 6.07 Å². The average molecular weight is 336 g/mol. The number of carbonyl (C=O) groups is 2. The predicted molar refractivity (Wildman–Crippen MR) is 88.8 cm³/mol. The number of nitriles is 1. The standard InChI is InChI=1S/C19H16N2O4/c1-12(19(23)24)21-17(10-20)16-9-14(7-8-15(16)18(21)22)25-11-13-5-3-2-4-6-13/h2-9,12,17H,11H2,1H3,(H,23,24). The van der Waals surface area contributed by atoms with Crippen LogP contribution in [0.5, 0.6) is 5.75 Å². The monoisotopic (exact) mass is 336 g/mol. The average Bonchev–Trinajstić information content (AvgIpc) is 2.91. The van der Waals surface area contributed by atoms with E-state index in [0.717, 1.165) is 10.5 Å². The second-order valence-electron chi connectivity index (χ2n) is 5.78. The normalized spacial score (nSPS) is 16.9. The van der Waals surface area contributed by atoms with Gasteiger partial charge >= 0.3 is 5.97 Å². The minimum Gasteiger partial charge on any atom is -0.489 e. The molecule has 1 N–H and O–H groups in total. The molecule has 25 heavy (non-hydrogen) atoms. The largest absolute Gasteiger partial charge is 0.489 e. The molecule has 0 aliphatic carbocycles. The summed E-state index contributed by atoms with van der Waals surface area (Å²) in [6.07, 6.45) is 0. The molecule has 6 nitrogen and oxygen atoms in total. The Balaban J connectivity index is 1.86. The Bertz CT molecular complexity index is 857. The number of rotatable bonds is 5. The molecule has 1 heterocycles. The number of fused-ring (bicyclic) bond motifs is 1. The molecular weight excluding hydrogens is 320 g/mol. The van der Waals surface area contributed by atoms with E-state index in [1.165, 1.54) is 6.92 Å². The molecule has 0 saturated carbocycles. The van der Waals surface area contributed by atoms with Crippen LogP contribution in [0.3, 0.4) is 0 Å². The van der Waals surface area contributed by atoms with Crippen molar-refractivity contribution in [1.29, 1.82) is 5.26 Å². The van der Waals surface area contributed by atoms with E-state index in [1.54, 1.807) is 18.2 Å². The first-order chi connectivity index (χ1) is 12.0. The SMILES string of the molecule is CC(C(=O)O)N1C(=O)c2ccc(OCc3ccccc3)cc2C1C#N. The summed E-state index contributed by atoms with van der Waals surface area (Å²) < 4.78 is 5.73. The van der Waals surface area contributed by atoms with E-state index in [0.29, 0.717) is 23.5 Å². The van der Waals surface area contributed by atoms with Gasteiger partial charge in [0, 0.05) is 11.1 Å². The third-order valence-corrected chi connectivity index (χ3v) is 4.21. The zero-order valence-electron chi connectivity index (χ0n) is 13.5. The molecule has 0 spiro atoms. The van der Waals surface area contributed by atoms with Gasteiger partial charge in [-0.2, -0.15) is 5.26 Å². The Labute approximate surface area is 144 Å². The highest BCUT2D eigenvalue weighted by Crippen LogP contribution is 2.37. The van der Waals surface area contributed by atoms with Gasteiger partial charge in [0.1, 0.15) is 24.4 Å². The van der Waals surface area contributed by atoms with Crippen LogP contribution in [0.2, 0.25) is 0 Å². The minimum absolute atomic E-state index is 0.340. The number of ether oxygens (including phenoxy) is 1. The van der Waals surface area contributed by atoms with Crippen molar-refractivity contribution in [2.24, 2.45) is 0 Å². The molecule has 2 aromatic carbocycles. The second-order valence-corrected chi connectivity index (χ2v) is 5.78. The van der Waals surface area contributed by atoms with Crippen LogP contribution in [0.25, 0.3) is 0 Å². The highest BCUT2D eigenvalue weighted by Gasteiger charge is 2.42. The van der Waals surface area contributed by atoms with E-state index in [1.807, 2.05) is 36.4 Å². The number of benzene rings is 2. The number of aliphatic carboxylic acids is 1. The smallest absolute Gasteiger partial charge is 0.326 e. The fourth-order valence-corrected chi connectivity index (χ4v) is 2.85. The summed E-state index contributed by atoms with van der Waals surface area (Å²) in [6, 6.07) is 14.5. The first kappa shape index (κ1) is 16.5. The highest BCUT2D eigenvalue weighted by atomic mass is 16.5. The highest BCUT2D eigenvalue weighted by molar-refractivity contribution is 6.01. The predicted octanol–water partition coefficient (Wildman–Crippen LogP) is 2.76. The number of carboxylic acid groups (broad SMARTS) is 1. The number of carboxylic acids is 1. The molecule has 0 aromatic heterocycles. The molecule has 0 radical (unpaired) electrons. The molecule has 2 unspecified atom stereocenters. The fraction of sp³-hybridized carbons (Fsp3) is 0.211. The van der Waals surface area contributed by atoms with Crippen molar-refractivity contribution >= 4 is 11.9 Å². The van der Waals surface area contributed by atoms with E-state index in [2.05, 4.69) is 0 Å². The zero-order chi connectivity index (χ0) is 18.0. The summed E-state index contributed by atoms with van der Waals surface area (Å²) in [6.45, 7) is 1.75. The lowest BCUT2D eigenvalue weighted by Crippen LogP contribution is -2.41. The molecule has 0 fully saturated rings. The molecule has 6 heteroatoms. The first-order valence-electron chi connectivity index (χ1n) is 7.78. The van der Waals surface area contributed by atoms with Gasteiger partial charge in [-0.25, -0.2) is 4.79 Å². The van der Waals surface area contributed by atoms with Crippen LogP contribution >= 0.6 is 0 Å². The third kappa shape index (κ3) is 3.04. The minimum atomic E-state index is -1.15. The van der Waals surface area contributed by atoms with Crippen LogP contribution in [-0.4, -0.2) is 27.9 Å². The Kier molecular flexibility index (Phi) is 4.40. The van der Waals surface area contributed by atoms with Gasteiger partial charge in [-0.3, -0.25) is 4.79 Å². The van der Waals surface area contributed by atoms with Crippen molar-refractivity contribution in [1.82, 2.24) is 4.90 Å². The lowest BCUT2D eigenvalue weighted by Gasteiger charge is -2.24. The Hall–Kier alpha value is -3.33. The number of nitrogens with zero attached hydrogens (tertiary/aromatic N) is 2. The van der Waals surface area contributed by atoms with Crippen LogP contribution in [0.4, 0.5) is 0 Å². The first-order valence-corrected chi connectivity index (χ1v) is 7.78. The second kappa shape index (κ2) is 6.65. The maximum Gasteiger partial charge on any atom is 0.326 e. The molecule has 1 aliphatic heterocycles. The molecule has 0 saturated heterocycles. The quantitative estimate of drug-likeness (QED) is 0.906. The molecule has 2 atom stereocenters. The summed E-state index contributed by atoms with van der Waals surface area (Å²) in [5, 5.41) is 18.6. The van der Waals surface area contributed by atoms with Crippen molar-refractivity contribution in [3.8, 4) is 11.8 Å². The molecule has 0 bridgehead atoms. The summed E-state index contributed by atoms with van der Waals surface area (Å²) in [5.74, 6) is -1.08. The number of carbonyl (C=O) groups excluding carboxylic acids is 1. The van der Waals surface area contributed by atoms with Crippen molar-refractivity contribution in [2.75, 3.05) is 0 Å². The van der Waals surface area contributed by atoms with E-state index in [4.69, 9.17) is 4.74 Å². The molecule has 1 aliphatic rings. The zero-order valence-corrected chi connectivity index (χ0v) is 13.5. The van der Waals surface area contributed by atoms with Gasteiger partial charge in [0.25, 0.3) is 5.91 Å². The fourth-order valence-electron chi connectivity index (χ4n) is 2.85. The lowest BCUT2D eigenvalue weighted by molar-refractivity contribution is -0.142. The van der Waals surface area contributed by atoms with Crippen molar-refractivity contribution in [3.63, 3.8) is 0 Å². The maximum atomic E-state index is 12.5. The number of hydrogen-bond donors (Lipinski definition) is 1. The van der Waals surface area contributed by atoms with Gasteiger partial charge in [-0.1, -0.05) is 30.3 Å². The molecule has 2 aromatic rings. The van der Waals surface area contributed by atoms with Crippen molar-refractivity contribution in [2.45, 2.75) is 25.6 Å². The molecule has 3 rings (SSSR count). The van der Waals surface area contributed by atoms with Crippen LogP contribution in [-0.2, 0) is 11.4 Å². The van der Waals surface area contributed by atoms with Gasteiger partial charge in [0.15, 0.2) is 0 Å². The Morgan fingerprint density at radius 1 is 1.32 bits per heavy atom. The maximum absolute atomic E-state index is 12.5. The summed E-state index contributed by atoms with van der Waals surface area (Å²) in [4.78, 5) is 24.8. The van der Waals surface area contributed by atoms with Crippen molar-refractivity contribution in [3.05, 3.63) is 65.2 Å². The molecule has 126 valence electrons. The van der Waals surface area contributed by atoms with Crippen LogP contribution in [0.15, 0.2) is 48.5 Å². The Morgan fingerprint density at radius 2 is 2.04 bits per heavy atom. The Morgan fingerprint density at radius 3 is 2.68 bits per heavy atom. The topological polar surface area (TPSA) is 90.6 Å². The van der Waals surface area contributed by atoms with E-state index in [9.17, 15) is 20.0 Å². The van der Waals surface area contributed by atoms with Gasteiger partial charge < -0.3 is 14.7 Å². The van der Waals surface area contributed by atoms with Crippen LogP contribution in [0, 0.1) is 11.3 Å². The van der Waals surface area contributed by atoms with Crippen LogP contribution in [0.1, 0.15) is 34.5 Å². The third-order valence-electron chi connectivity index (χ3n) is 4.21. The molecule has 1 amide bonds. The van der Waals surface area contributed by atoms with E-state index in [-0.39, 0.29) is 0 Å². The molecular formula is C19H16N2O4. The van der Waals surface area contributed by atoms with E-state index < -0.39 is 24.0 Å². The number of amides is 1. The van der Waals surface area contributed by atoms with Crippen LogP contribution < -0.4 is 4.74 Å². The van der Waals surface area contributed by atoms with Gasteiger partial charge in [-0.05, 0) is 30.7 Å².